The van der Waals surface area contributed by atoms with E-state index in [9.17, 15) is 18.4 Å². The number of imidazole rings is 1. The van der Waals surface area contributed by atoms with Crippen LogP contribution in [0.25, 0.3) is 0 Å². The highest BCUT2D eigenvalue weighted by Gasteiger charge is 2.31. The predicted octanol–water partition coefficient (Wildman–Crippen LogP) is 0.515. The first kappa shape index (κ1) is 13.6. The molecule has 1 aliphatic rings. The third kappa shape index (κ3) is 2.78. The molecule has 1 aromatic heterocycles. The molecule has 0 aliphatic carbocycles. The molecule has 19 heavy (non-hydrogen) atoms. The van der Waals surface area contributed by atoms with Crippen molar-refractivity contribution in [3.63, 3.8) is 0 Å². The quantitative estimate of drug-likeness (QED) is 0.811. The Morgan fingerprint density at radius 2 is 2.26 bits per heavy atom. The van der Waals surface area contributed by atoms with Crippen LogP contribution in [0.1, 0.15) is 25.2 Å². The molecule has 0 saturated carbocycles. The minimum atomic E-state index is -2.66. The first-order valence-corrected chi connectivity index (χ1v) is 5.84. The molecule has 0 spiro atoms. The molecular formula is C11H14F2N4O2. The third-order valence-electron chi connectivity index (χ3n) is 3.12. The number of carbonyl (C=O) groups is 2. The summed E-state index contributed by atoms with van der Waals surface area (Å²) in [5.74, 6) is -0.411. The molecule has 1 atom stereocenters. The summed E-state index contributed by atoms with van der Waals surface area (Å²) in [6, 6.07) is -0.537. The minimum absolute atomic E-state index is 0.0514. The molecule has 1 saturated heterocycles. The Bertz CT molecular complexity index is 489. The van der Waals surface area contributed by atoms with Gasteiger partial charge >= 0.3 is 6.55 Å². The number of alkyl halides is 2. The van der Waals surface area contributed by atoms with Crippen molar-refractivity contribution in [3.05, 3.63) is 18.2 Å². The van der Waals surface area contributed by atoms with Gasteiger partial charge in [-0.25, -0.2) is 4.98 Å². The summed E-state index contributed by atoms with van der Waals surface area (Å²) in [4.78, 5) is 27.9. The van der Waals surface area contributed by atoms with E-state index in [-0.39, 0.29) is 30.6 Å². The van der Waals surface area contributed by atoms with Gasteiger partial charge in [0, 0.05) is 25.9 Å². The molecule has 8 heteroatoms. The van der Waals surface area contributed by atoms with Crippen LogP contribution in [0.4, 0.5) is 8.78 Å². The summed E-state index contributed by atoms with van der Waals surface area (Å²) in [6.45, 7) is -2.61. The first-order chi connectivity index (χ1) is 9.00. The Morgan fingerprint density at radius 3 is 2.95 bits per heavy atom. The highest BCUT2D eigenvalue weighted by atomic mass is 19.3. The van der Waals surface area contributed by atoms with Crippen LogP contribution in [-0.2, 0) is 16.1 Å². The molecule has 1 fully saturated rings. The van der Waals surface area contributed by atoms with Gasteiger partial charge in [-0.3, -0.25) is 24.4 Å². The maximum atomic E-state index is 12.6. The summed E-state index contributed by atoms with van der Waals surface area (Å²) < 4.78 is 25.9. The SMILES string of the molecule is CN1C(=O)CCC(NCc2nccn2C(F)F)C1=O. The van der Waals surface area contributed by atoms with Crippen molar-refractivity contribution in [2.45, 2.75) is 32.0 Å². The zero-order valence-electron chi connectivity index (χ0n) is 10.3. The number of nitrogens with zero attached hydrogens (tertiary/aromatic N) is 3. The fourth-order valence-corrected chi connectivity index (χ4v) is 1.98. The van der Waals surface area contributed by atoms with Crippen LogP contribution in [-0.4, -0.2) is 39.4 Å². The van der Waals surface area contributed by atoms with Gasteiger partial charge < -0.3 is 0 Å². The molecular weight excluding hydrogens is 258 g/mol. The summed E-state index contributed by atoms with van der Waals surface area (Å²) >= 11 is 0. The van der Waals surface area contributed by atoms with E-state index in [4.69, 9.17) is 0 Å². The van der Waals surface area contributed by atoms with E-state index in [1.54, 1.807) is 0 Å². The van der Waals surface area contributed by atoms with E-state index in [1.807, 2.05) is 0 Å². The third-order valence-corrected chi connectivity index (χ3v) is 3.12. The predicted molar refractivity (Wildman–Crippen MR) is 61.1 cm³/mol. The lowest BCUT2D eigenvalue weighted by Crippen LogP contribution is -2.51. The van der Waals surface area contributed by atoms with Gasteiger partial charge in [-0.1, -0.05) is 0 Å². The minimum Gasteiger partial charge on any atom is -0.299 e. The second kappa shape index (κ2) is 5.43. The number of piperidine rings is 1. The van der Waals surface area contributed by atoms with Crippen molar-refractivity contribution in [3.8, 4) is 0 Å². The van der Waals surface area contributed by atoms with E-state index in [0.717, 1.165) is 9.47 Å². The molecule has 2 rings (SSSR count). The number of likely N-dealkylation sites (tertiary alicyclic amines) is 1. The number of carbonyl (C=O) groups excluding carboxylic acids is 2. The molecule has 0 radical (unpaired) electrons. The average Bonchev–Trinajstić information content (AvgIpc) is 2.84. The average molecular weight is 272 g/mol. The molecule has 1 unspecified atom stereocenters. The normalized spacial score (nSPS) is 20.4. The molecule has 2 heterocycles. The Hall–Kier alpha value is -1.83. The van der Waals surface area contributed by atoms with E-state index >= 15 is 0 Å². The summed E-state index contributed by atoms with van der Waals surface area (Å²) in [6.07, 6.45) is 3.10. The Balaban J connectivity index is 1.97. The zero-order chi connectivity index (χ0) is 14.0. The molecule has 6 nitrogen and oxygen atoms in total. The van der Waals surface area contributed by atoms with E-state index in [1.165, 1.54) is 19.4 Å². The zero-order valence-corrected chi connectivity index (χ0v) is 10.3. The van der Waals surface area contributed by atoms with Crippen molar-refractivity contribution in [2.75, 3.05) is 7.05 Å². The highest BCUT2D eigenvalue weighted by molar-refractivity contribution is 6.00. The Kier molecular flexibility index (Phi) is 3.89. The van der Waals surface area contributed by atoms with Crippen molar-refractivity contribution in [1.29, 1.82) is 0 Å². The van der Waals surface area contributed by atoms with Crippen molar-refractivity contribution in [2.24, 2.45) is 0 Å². The van der Waals surface area contributed by atoms with Crippen LogP contribution >= 0.6 is 0 Å². The maximum Gasteiger partial charge on any atom is 0.319 e. The number of hydrogen-bond donors (Lipinski definition) is 1. The molecule has 1 N–H and O–H groups in total. The van der Waals surface area contributed by atoms with Gasteiger partial charge in [-0.05, 0) is 6.42 Å². The van der Waals surface area contributed by atoms with Crippen molar-refractivity contribution in [1.82, 2.24) is 19.8 Å². The molecule has 2 amide bonds. The van der Waals surface area contributed by atoms with Crippen LogP contribution in [0.5, 0.6) is 0 Å². The lowest BCUT2D eigenvalue weighted by molar-refractivity contribution is -0.148. The van der Waals surface area contributed by atoms with Gasteiger partial charge in [-0.2, -0.15) is 8.78 Å². The number of amides is 2. The number of imide groups is 1. The van der Waals surface area contributed by atoms with E-state index < -0.39 is 12.6 Å². The maximum absolute atomic E-state index is 12.6. The standard InChI is InChI=1S/C11H14F2N4O2/c1-16-9(18)3-2-7(10(16)19)15-6-8-14-4-5-17(8)11(12)13/h4-5,7,11,15H,2-3,6H2,1H3. The lowest BCUT2D eigenvalue weighted by Gasteiger charge is -2.28. The fourth-order valence-electron chi connectivity index (χ4n) is 1.98. The van der Waals surface area contributed by atoms with Gasteiger partial charge in [0.2, 0.25) is 11.8 Å². The lowest BCUT2D eigenvalue weighted by atomic mass is 10.0. The fraction of sp³-hybridized carbons (Fsp3) is 0.545. The van der Waals surface area contributed by atoms with Crippen LogP contribution in [0.3, 0.4) is 0 Å². The monoisotopic (exact) mass is 272 g/mol. The summed E-state index contributed by atoms with van der Waals surface area (Å²) in [7, 11) is 1.42. The van der Waals surface area contributed by atoms with Crippen molar-refractivity contribution >= 4 is 11.8 Å². The number of nitrogens with one attached hydrogen (secondary N) is 1. The van der Waals surface area contributed by atoms with E-state index in [2.05, 4.69) is 10.3 Å². The second-order valence-electron chi connectivity index (χ2n) is 4.29. The Labute approximate surface area is 108 Å². The van der Waals surface area contributed by atoms with Crippen LogP contribution in [0, 0.1) is 0 Å². The summed E-state index contributed by atoms with van der Waals surface area (Å²) in [5, 5.41) is 2.86. The largest absolute Gasteiger partial charge is 0.319 e. The number of likely N-dealkylation sites (N-methyl/N-ethyl adjacent to an activating group) is 1. The highest BCUT2D eigenvalue weighted by Crippen LogP contribution is 2.14. The number of hydrogen-bond acceptors (Lipinski definition) is 4. The van der Waals surface area contributed by atoms with Crippen molar-refractivity contribution < 1.29 is 18.4 Å². The Morgan fingerprint density at radius 1 is 1.53 bits per heavy atom. The topological polar surface area (TPSA) is 67.2 Å². The summed E-state index contributed by atoms with van der Waals surface area (Å²) in [5.41, 5.74) is 0. The van der Waals surface area contributed by atoms with Crippen LogP contribution in [0.15, 0.2) is 12.4 Å². The number of aromatic nitrogens is 2. The van der Waals surface area contributed by atoms with Crippen LogP contribution < -0.4 is 5.32 Å². The smallest absolute Gasteiger partial charge is 0.299 e. The molecule has 0 aromatic carbocycles. The van der Waals surface area contributed by atoms with Gasteiger partial charge in [0.05, 0.1) is 12.6 Å². The van der Waals surface area contributed by atoms with Gasteiger partial charge in [0.15, 0.2) is 0 Å². The molecule has 1 aliphatic heterocycles. The van der Waals surface area contributed by atoms with Gasteiger partial charge in [-0.15, -0.1) is 0 Å². The molecule has 1 aromatic rings. The number of halogens is 2. The first-order valence-electron chi connectivity index (χ1n) is 5.84. The molecule has 104 valence electrons. The van der Waals surface area contributed by atoms with Gasteiger partial charge in [0.25, 0.3) is 0 Å². The molecule has 0 bridgehead atoms. The van der Waals surface area contributed by atoms with Gasteiger partial charge in [0.1, 0.15) is 5.82 Å². The van der Waals surface area contributed by atoms with E-state index in [0.29, 0.717) is 6.42 Å². The van der Waals surface area contributed by atoms with Crippen LogP contribution in [0.2, 0.25) is 0 Å². The second-order valence-corrected chi connectivity index (χ2v) is 4.29. The number of rotatable bonds is 4.